The van der Waals surface area contributed by atoms with Crippen molar-refractivity contribution < 1.29 is 71.6 Å². The van der Waals surface area contributed by atoms with Gasteiger partial charge in [-0.05, 0) is 86.0 Å². The topological polar surface area (TPSA) is 317 Å². The van der Waals surface area contributed by atoms with E-state index in [2.05, 4.69) is 52.0 Å². The number of pyridine rings is 1. The van der Waals surface area contributed by atoms with Crippen LogP contribution in [0.15, 0.2) is 22.8 Å². The number of carbonyl (C=O) groups is 9. The van der Waals surface area contributed by atoms with Gasteiger partial charge >= 0.3 is 11.9 Å². The molecule has 0 radical (unpaired) electrons. The molecule has 2 aliphatic rings. The predicted octanol–water partition coefficient (Wildman–Crippen LogP) is 6.47. The zero-order valence-electron chi connectivity index (χ0n) is 50.6. The smallest absolute Gasteiger partial charge is 0.328 e. The summed E-state index contributed by atoms with van der Waals surface area (Å²) in [7, 11) is 2.67. The van der Waals surface area contributed by atoms with Crippen LogP contribution in [0.5, 0.6) is 0 Å². The number of halogens is 1. The maximum absolute atomic E-state index is 14.2. The Morgan fingerprint density at radius 3 is 1.99 bits per heavy atom. The van der Waals surface area contributed by atoms with Gasteiger partial charge in [-0.25, -0.2) is 9.78 Å². The lowest BCUT2D eigenvalue weighted by atomic mass is 9.99. The molecule has 24 nitrogen and oxygen atoms in total. The number of nitrogens with two attached hydrogens (primary N) is 1. The molecule has 1 saturated carbocycles. The lowest BCUT2D eigenvalue weighted by molar-refractivity contribution is -0.145. The van der Waals surface area contributed by atoms with Crippen molar-refractivity contribution in [3.63, 3.8) is 0 Å². The van der Waals surface area contributed by atoms with Crippen molar-refractivity contribution in [2.45, 2.75) is 180 Å². The van der Waals surface area contributed by atoms with Crippen LogP contribution in [0.2, 0.25) is 0 Å². The number of fused-ring (bicyclic) bond motifs is 2. The Kier molecular flexibility index (Phi) is 31.6. The van der Waals surface area contributed by atoms with E-state index in [0.717, 1.165) is 49.0 Å². The molecule has 6 N–H and O–H groups in total. The second kappa shape index (κ2) is 38.4. The number of esters is 2. The van der Waals surface area contributed by atoms with Crippen LogP contribution in [0, 0.1) is 19.3 Å². The van der Waals surface area contributed by atoms with Gasteiger partial charge in [-0.1, -0.05) is 83.1 Å². The Bertz CT molecular complexity index is 2710. The molecule has 1 aliphatic carbocycles. The van der Waals surface area contributed by atoms with E-state index in [1.54, 1.807) is 11.0 Å². The van der Waals surface area contributed by atoms with Gasteiger partial charge in [-0.15, -0.1) is 11.3 Å². The number of thiophene rings is 1. The van der Waals surface area contributed by atoms with Gasteiger partial charge in [-0.3, -0.25) is 43.0 Å². The second-order valence-electron chi connectivity index (χ2n) is 22.1. The average Bonchev–Trinajstić information content (AvgIpc) is 1.55. The summed E-state index contributed by atoms with van der Waals surface area (Å²) in [5.74, 6) is -2.87. The number of piperidine rings is 1. The number of carbonyl (C=O) groups excluding carboxylic acids is 9. The Hall–Kier alpha value is -5.93. The fourth-order valence-corrected chi connectivity index (χ4v) is 11.8. The number of amides is 6. The fourth-order valence-electron chi connectivity index (χ4n) is 10.5. The first-order valence-electron chi connectivity index (χ1n) is 30.3. The van der Waals surface area contributed by atoms with Crippen LogP contribution in [-0.2, 0) is 73.3 Å². The van der Waals surface area contributed by atoms with Crippen molar-refractivity contribution in [1.82, 2.24) is 35.6 Å². The van der Waals surface area contributed by atoms with E-state index in [1.807, 2.05) is 26.0 Å². The number of likely N-dealkylation sites (tertiary alicyclic amines) is 1. The van der Waals surface area contributed by atoms with E-state index in [4.69, 9.17) is 29.4 Å². The number of rotatable bonds is 46. The number of methoxy groups -OCH3 is 2. The van der Waals surface area contributed by atoms with E-state index >= 15 is 0 Å². The summed E-state index contributed by atoms with van der Waals surface area (Å²) in [4.78, 5) is 121. The summed E-state index contributed by atoms with van der Waals surface area (Å²) in [6.45, 7) is 4.85. The van der Waals surface area contributed by atoms with E-state index < -0.39 is 35.3 Å². The van der Waals surface area contributed by atoms with Gasteiger partial charge in [0.15, 0.2) is 11.5 Å². The van der Waals surface area contributed by atoms with Crippen LogP contribution in [0.25, 0.3) is 10.2 Å². The van der Waals surface area contributed by atoms with Crippen LogP contribution < -0.4 is 27.0 Å². The third-order valence-corrected chi connectivity index (χ3v) is 16.8. The average molecular weight is 1290 g/mol. The van der Waals surface area contributed by atoms with Gasteiger partial charge in [0.25, 0.3) is 5.91 Å². The first-order valence-corrected chi connectivity index (χ1v) is 31.9. The third-order valence-electron chi connectivity index (χ3n) is 15.3. The maximum atomic E-state index is 14.2. The monoisotopic (exact) mass is 1290 g/mol. The lowest BCUT2D eigenvalue weighted by Crippen LogP contribution is -2.47. The minimum absolute atomic E-state index is 0.00838. The largest absolute Gasteiger partial charge is 0.469 e. The van der Waals surface area contributed by atoms with Crippen LogP contribution in [0.3, 0.4) is 0 Å². The highest BCUT2D eigenvalue weighted by Crippen LogP contribution is 2.59. The first-order chi connectivity index (χ1) is 41.4. The molecule has 0 unspecified atom stereocenters. The summed E-state index contributed by atoms with van der Waals surface area (Å²) in [5, 5.41) is 15.6. The molecule has 3 aromatic heterocycles. The van der Waals surface area contributed by atoms with Crippen molar-refractivity contribution in [3.05, 3.63) is 38.9 Å². The number of Topliss-reactive ketones (excluding diaryl/α,β-unsaturated/α-hetero) is 1. The number of ether oxygens (including phenoxy) is 6. The molecule has 5 rings (SSSR count). The SMILES string of the molecule is COC(=O)CCCCCCCCCCCCCCCCC(=O)N[C@@H](CCC(=O)NCCOCCOCC(=O)CCCOCCOCC(=O)NC[C@@]12C[C@@H](C(=O)Nc3nc(Br)ccc3C)N(C(=O)Cn3nc(C(N)=O)c4sc(C)cc43)[C@@H]1C2)C(=O)OC. The molecular formula is C60H90BrN9O15S. The Morgan fingerprint density at radius 2 is 1.34 bits per heavy atom. The van der Waals surface area contributed by atoms with Crippen molar-refractivity contribution in [2.24, 2.45) is 11.1 Å². The molecule has 0 aromatic carbocycles. The van der Waals surface area contributed by atoms with E-state index in [-0.39, 0.29) is 132 Å². The number of hydrogen-bond acceptors (Lipinski definition) is 18. The van der Waals surface area contributed by atoms with Gasteiger partial charge in [0, 0.05) is 61.7 Å². The minimum Gasteiger partial charge on any atom is -0.469 e. The number of anilines is 1. The Balaban J connectivity index is 0.838. The quantitative estimate of drug-likeness (QED) is 0.0230. The number of hydrogen-bond donors (Lipinski definition) is 5. The molecule has 0 bridgehead atoms. The fraction of sp³-hybridized carbons (Fsp3) is 0.683. The molecule has 3 aromatic rings. The van der Waals surface area contributed by atoms with Crippen molar-refractivity contribution in [2.75, 3.05) is 85.5 Å². The lowest BCUT2D eigenvalue weighted by Gasteiger charge is -2.27. The highest BCUT2D eigenvalue weighted by atomic mass is 79.9. The van der Waals surface area contributed by atoms with Crippen molar-refractivity contribution in [1.29, 1.82) is 0 Å². The standard InChI is InChI=1S/C60H90BrN9O15S/c1-41-23-25-48(61)66-57(41)67-58(78)46-35-60(36-47(60)70(46)52(75)37-69-45-34-42(2)86-55(45)54(68-69)56(62)77)40-64-51(74)39-85-33-30-82-28-19-20-43(71)38-84-32-31-83-29-27-63-49(72)26-24-44(59(79)81-4)65-50(73)21-17-15-13-11-9-7-5-6-8-10-12-14-16-18-22-53(76)80-3/h23,25,34,44,46-47H,5-22,24,26-33,35-40H2,1-4H3,(H2,62,77)(H,63,72)(H,64,74)(H,65,73)(H,66,67,78)/t44-,46-,47+,60-/m0/s1. The minimum atomic E-state index is -0.920. The molecule has 2 fully saturated rings. The van der Waals surface area contributed by atoms with Gasteiger partial charge in [0.1, 0.15) is 42.3 Å². The van der Waals surface area contributed by atoms with Crippen molar-refractivity contribution in [3.8, 4) is 0 Å². The number of nitrogens with one attached hydrogen (secondary N) is 4. The molecule has 478 valence electrons. The van der Waals surface area contributed by atoms with Crippen LogP contribution >= 0.6 is 27.3 Å². The second-order valence-corrected chi connectivity index (χ2v) is 24.2. The number of aryl methyl sites for hydroxylation is 2. The van der Waals surface area contributed by atoms with Gasteiger partial charge in [0.05, 0.1) is 57.5 Å². The Labute approximate surface area is 516 Å². The molecule has 4 heterocycles. The molecule has 4 atom stereocenters. The number of ketones is 1. The zero-order valence-corrected chi connectivity index (χ0v) is 53.0. The molecule has 6 amide bonds. The van der Waals surface area contributed by atoms with E-state index in [9.17, 15) is 43.2 Å². The van der Waals surface area contributed by atoms with Gasteiger partial charge < -0.3 is 60.3 Å². The summed E-state index contributed by atoms with van der Waals surface area (Å²) in [6, 6.07) is 3.29. The van der Waals surface area contributed by atoms with Gasteiger partial charge in [-0.2, -0.15) is 5.10 Å². The molecule has 1 aliphatic heterocycles. The molecule has 1 saturated heterocycles. The number of unbranched alkanes of at least 4 members (excludes halogenated alkanes) is 13. The highest BCUT2D eigenvalue weighted by Gasteiger charge is 2.67. The molecular weight excluding hydrogens is 1200 g/mol. The number of nitrogens with zero attached hydrogens (tertiary/aromatic N) is 4. The normalized spacial score (nSPS) is 16.3. The van der Waals surface area contributed by atoms with E-state index in [1.165, 1.54) is 81.6 Å². The summed E-state index contributed by atoms with van der Waals surface area (Å²) in [6.07, 6.45) is 18.1. The van der Waals surface area contributed by atoms with Crippen LogP contribution in [-0.4, -0.2) is 171 Å². The first kappa shape index (κ1) is 70.8. The van der Waals surface area contributed by atoms with Crippen LogP contribution in [0.1, 0.15) is 162 Å². The molecule has 86 heavy (non-hydrogen) atoms. The molecule has 26 heteroatoms. The third kappa shape index (κ3) is 24.7. The summed E-state index contributed by atoms with van der Waals surface area (Å²) >= 11 is 4.71. The van der Waals surface area contributed by atoms with Crippen LogP contribution in [0.4, 0.5) is 5.82 Å². The number of primary amides is 1. The van der Waals surface area contributed by atoms with Gasteiger partial charge in [0.2, 0.25) is 29.5 Å². The van der Waals surface area contributed by atoms with E-state index in [0.29, 0.717) is 59.3 Å². The predicted molar refractivity (Wildman–Crippen MR) is 325 cm³/mol. The highest BCUT2D eigenvalue weighted by molar-refractivity contribution is 9.10. The number of aromatic nitrogens is 3. The Morgan fingerprint density at radius 1 is 0.709 bits per heavy atom. The maximum Gasteiger partial charge on any atom is 0.328 e. The summed E-state index contributed by atoms with van der Waals surface area (Å²) < 4.78 is 34.2. The zero-order chi connectivity index (χ0) is 62.3. The summed E-state index contributed by atoms with van der Waals surface area (Å²) in [5.41, 5.74) is 6.48. The van der Waals surface area contributed by atoms with Crippen molar-refractivity contribution >= 4 is 96.5 Å². The molecule has 0 spiro atoms.